The molecule has 1 aliphatic heterocycles. The summed E-state index contributed by atoms with van der Waals surface area (Å²) in [6, 6.07) is 16.5. The van der Waals surface area contributed by atoms with E-state index in [9.17, 15) is 14.0 Å². The van der Waals surface area contributed by atoms with Gasteiger partial charge >= 0.3 is 6.03 Å². The Morgan fingerprint density at radius 3 is 2.82 bits per heavy atom. The molecule has 33 heavy (non-hydrogen) atoms. The molecule has 1 aromatic heterocycles. The van der Waals surface area contributed by atoms with Crippen LogP contribution in [-0.2, 0) is 11.3 Å². The molecule has 0 atom stereocenters. The number of urea groups is 1. The second-order valence-corrected chi connectivity index (χ2v) is 7.89. The van der Waals surface area contributed by atoms with Gasteiger partial charge in [0.2, 0.25) is 0 Å². The van der Waals surface area contributed by atoms with Gasteiger partial charge < -0.3 is 25.3 Å². The Balaban J connectivity index is 1.35. The van der Waals surface area contributed by atoms with Crippen LogP contribution in [0, 0.1) is 5.82 Å². The van der Waals surface area contributed by atoms with Crippen LogP contribution >= 0.6 is 11.6 Å². The van der Waals surface area contributed by atoms with Crippen molar-refractivity contribution >= 4 is 51.5 Å². The van der Waals surface area contributed by atoms with Crippen molar-refractivity contribution in [2.45, 2.75) is 6.54 Å². The summed E-state index contributed by atoms with van der Waals surface area (Å²) in [4.78, 5) is 29.5. The summed E-state index contributed by atoms with van der Waals surface area (Å²) in [7, 11) is 0. The third kappa shape index (κ3) is 4.08. The van der Waals surface area contributed by atoms with Crippen LogP contribution in [-0.4, -0.2) is 23.5 Å². The maximum absolute atomic E-state index is 14.3. The van der Waals surface area contributed by atoms with Crippen molar-refractivity contribution in [1.29, 1.82) is 0 Å². The Bertz CT molecular complexity index is 1370. The van der Waals surface area contributed by atoms with Crippen LogP contribution in [0.5, 0.6) is 5.75 Å². The fourth-order valence-electron chi connectivity index (χ4n) is 3.76. The van der Waals surface area contributed by atoms with Gasteiger partial charge in [0, 0.05) is 39.4 Å². The van der Waals surface area contributed by atoms with Crippen molar-refractivity contribution in [3.63, 3.8) is 0 Å². The zero-order valence-electron chi connectivity index (χ0n) is 17.2. The van der Waals surface area contributed by atoms with Gasteiger partial charge in [0.05, 0.1) is 17.9 Å². The van der Waals surface area contributed by atoms with Gasteiger partial charge in [-0.05, 0) is 30.3 Å². The van der Waals surface area contributed by atoms with E-state index in [1.807, 2.05) is 24.3 Å². The van der Waals surface area contributed by atoms with E-state index >= 15 is 0 Å². The lowest BCUT2D eigenvalue weighted by Crippen LogP contribution is -2.38. The highest BCUT2D eigenvalue weighted by Crippen LogP contribution is 2.36. The third-order valence-corrected chi connectivity index (χ3v) is 5.73. The summed E-state index contributed by atoms with van der Waals surface area (Å²) in [6.45, 7) is -0.238. The normalized spacial score (nSPS) is 12.9. The van der Waals surface area contributed by atoms with Crippen LogP contribution in [0.2, 0.25) is 5.02 Å². The molecule has 0 bridgehead atoms. The summed E-state index contributed by atoms with van der Waals surface area (Å²) in [5, 5.41) is 6.70. The van der Waals surface area contributed by atoms with E-state index in [0.29, 0.717) is 22.8 Å². The molecule has 4 aromatic rings. The first-order valence-corrected chi connectivity index (χ1v) is 10.5. The number of nitrogens with one attached hydrogen (secondary N) is 3. The third-order valence-electron chi connectivity index (χ3n) is 5.38. The topological polar surface area (TPSA) is 86.5 Å². The van der Waals surface area contributed by atoms with E-state index < -0.39 is 11.8 Å². The van der Waals surface area contributed by atoms with Gasteiger partial charge in [-0.2, -0.15) is 0 Å². The predicted molar refractivity (Wildman–Crippen MR) is 125 cm³/mol. The number of hydrogen-bond acceptors (Lipinski definition) is 3. The smallest absolute Gasteiger partial charge is 0.323 e. The Hall–Kier alpha value is -4.04. The number of halogens is 2. The summed E-state index contributed by atoms with van der Waals surface area (Å²) in [5.41, 5.74) is 2.73. The van der Waals surface area contributed by atoms with Gasteiger partial charge in [0.15, 0.2) is 6.61 Å². The minimum absolute atomic E-state index is 0.0332. The fourth-order valence-corrected chi connectivity index (χ4v) is 3.98. The molecule has 2 heterocycles. The van der Waals surface area contributed by atoms with Crippen molar-refractivity contribution in [3.05, 3.63) is 83.3 Å². The molecule has 3 amide bonds. The molecule has 0 spiro atoms. The zero-order valence-corrected chi connectivity index (χ0v) is 17.9. The number of aromatic amines is 1. The monoisotopic (exact) mass is 464 g/mol. The number of benzene rings is 3. The van der Waals surface area contributed by atoms with E-state index in [2.05, 4.69) is 15.6 Å². The lowest BCUT2D eigenvalue weighted by atomic mass is 10.1. The Morgan fingerprint density at radius 1 is 1.12 bits per heavy atom. The summed E-state index contributed by atoms with van der Waals surface area (Å²) in [5.74, 6) is -0.415. The fraction of sp³-hybridized carbons (Fsp3) is 0.0833. The summed E-state index contributed by atoms with van der Waals surface area (Å²) >= 11 is 6.13. The lowest BCUT2D eigenvalue weighted by Gasteiger charge is -2.30. The molecule has 3 aromatic carbocycles. The number of carbonyl (C=O) groups excluding carboxylic acids is 2. The van der Waals surface area contributed by atoms with Crippen molar-refractivity contribution in [1.82, 2.24) is 4.98 Å². The number of nitrogens with zero attached hydrogens (tertiary/aromatic N) is 1. The number of para-hydroxylation sites is 1. The molecule has 7 nitrogen and oxygen atoms in total. The number of rotatable bonds is 4. The molecule has 0 saturated heterocycles. The van der Waals surface area contributed by atoms with Crippen molar-refractivity contribution < 1.29 is 18.7 Å². The molecule has 166 valence electrons. The first-order valence-electron chi connectivity index (χ1n) is 10.1. The molecule has 0 radical (unpaired) electrons. The number of amides is 3. The van der Waals surface area contributed by atoms with Gasteiger partial charge in [0.25, 0.3) is 5.91 Å². The van der Waals surface area contributed by atoms with Gasteiger partial charge in [-0.25, -0.2) is 9.18 Å². The van der Waals surface area contributed by atoms with E-state index in [4.69, 9.17) is 16.3 Å². The number of anilines is 3. The van der Waals surface area contributed by atoms with Crippen LogP contribution in [0.3, 0.4) is 0 Å². The quantitative estimate of drug-likeness (QED) is 0.371. The molecule has 1 aliphatic rings. The van der Waals surface area contributed by atoms with Gasteiger partial charge in [0.1, 0.15) is 11.6 Å². The van der Waals surface area contributed by atoms with E-state index in [1.54, 1.807) is 30.5 Å². The lowest BCUT2D eigenvalue weighted by molar-refractivity contribution is -0.121. The number of ether oxygens (including phenoxy) is 1. The van der Waals surface area contributed by atoms with Gasteiger partial charge in [-0.3, -0.25) is 4.79 Å². The van der Waals surface area contributed by atoms with Crippen LogP contribution in [0.15, 0.2) is 66.9 Å². The number of H-pyrrole nitrogens is 1. The van der Waals surface area contributed by atoms with Crippen molar-refractivity contribution in [2.24, 2.45) is 0 Å². The van der Waals surface area contributed by atoms with Crippen LogP contribution in [0.25, 0.3) is 10.9 Å². The van der Waals surface area contributed by atoms with Crippen LogP contribution < -0.4 is 20.3 Å². The number of carbonyl (C=O) groups is 2. The van der Waals surface area contributed by atoms with E-state index in [1.165, 1.54) is 17.0 Å². The largest absolute Gasteiger partial charge is 0.481 e. The van der Waals surface area contributed by atoms with Gasteiger partial charge in [-0.1, -0.05) is 35.9 Å². The zero-order chi connectivity index (χ0) is 22.9. The number of aromatic nitrogens is 1. The van der Waals surface area contributed by atoms with Crippen molar-refractivity contribution in [3.8, 4) is 5.75 Å². The summed E-state index contributed by atoms with van der Waals surface area (Å²) in [6.07, 6.45) is 1.72. The summed E-state index contributed by atoms with van der Waals surface area (Å²) < 4.78 is 19.8. The second-order valence-electron chi connectivity index (χ2n) is 7.48. The molecule has 9 heteroatoms. The Kier molecular flexibility index (Phi) is 5.35. The SMILES string of the molecule is O=C(Nc1ccc2c(c1)OCC(=O)N2Cc1c(F)cccc1Cl)Nc1c[nH]c2ccccc12. The minimum atomic E-state index is -0.490. The van der Waals surface area contributed by atoms with Crippen LogP contribution in [0.1, 0.15) is 5.56 Å². The Labute approximate surface area is 193 Å². The van der Waals surface area contributed by atoms with E-state index in [0.717, 1.165) is 10.9 Å². The first-order chi connectivity index (χ1) is 16.0. The molecule has 3 N–H and O–H groups in total. The van der Waals surface area contributed by atoms with Gasteiger partial charge in [-0.15, -0.1) is 0 Å². The predicted octanol–water partition coefficient (Wildman–Crippen LogP) is 5.53. The standard InChI is InChI=1S/C24H18ClFN4O3/c25-17-5-3-6-18(26)16(17)12-30-21-9-8-14(10-22(21)33-13-23(30)31)28-24(32)29-20-11-27-19-7-2-1-4-15(19)20/h1-11,27H,12-13H2,(H2,28,29,32). The maximum Gasteiger partial charge on any atom is 0.323 e. The molecular formula is C24H18ClFN4O3. The molecule has 0 unspecified atom stereocenters. The Morgan fingerprint density at radius 2 is 1.97 bits per heavy atom. The maximum atomic E-state index is 14.3. The highest BCUT2D eigenvalue weighted by molar-refractivity contribution is 6.31. The average Bonchev–Trinajstić information content (AvgIpc) is 3.20. The second kappa shape index (κ2) is 8.48. The first kappa shape index (κ1) is 20.8. The number of fused-ring (bicyclic) bond motifs is 2. The number of hydrogen-bond donors (Lipinski definition) is 3. The van der Waals surface area contributed by atoms with Crippen molar-refractivity contribution in [2.75, 3.05) is 22.1 Å². The van der Waals surface area contributed by atoms with Crippen LogP contribution in [0.4, 0.5) is 26.2 Å². The average molecular weight is 465 g/mol. The highest BCUT2D eigenvalue weighted by Gasteiger charge is 2.27. The molecule has 0 saturated carbocycles. The van der Waals surface area contributed by atoms with E-state index in [-0.39, 0.29) is 29.6 Å². The molecule has 0 aliphatic carbocycles. The highest BCUT2D eigenvalue weighted by atomic mass is 35.5. The minimum Gasteiger partial charge on any atom is -0.481 e. The molecular weight excluding hydrogens is 447 g/mol. The molecule has 0 fully saturated rings. The molecule has 5 rings (SSSR count).